The molecule has 7 nitrogen and oxygen atoms in total. The number of amides is 2. The minimum absolute atomic E-state index is 0.0148. The fourth-order valence-electron chi connectivity index (χ4n) is 6.50. The van der Waals surface area contributed by atoms with E-state index in [4.69, 9.17) is 21.1 Å². The van der Waals surface area contributed by atoms with Gasteiger partial charge in [-0.1, -0.05) is 23.7 Å². The van der Waals surface area contributed by atoms with Crippen molar-refractivity contribution in [3.05, 3.63) is 82.4 Å². The molecule has 0 unspecified atom stereocenters. The molecule has 3 aromatic rings. The summed E-state index contributed by atoms with van der Waals surface area (Å²) >= 11 is 6.26. The number of benzene rings is 3. The number of hydrogen-bond acceptors (Lipinski definition) is 5. The Hall–Kier alpha value is -3.71. The van der Waals surface area contributed by atoms with Gasteiger partial charge in [0, 0.05) is 43.0 Å². The highest BCUT2D eigenvalue weighted by atomic mass is 35.5. The third kappa shape index (κ3) is 6.77. The van der Waals surface area contributed by atoms with Gasteiger partial charge in [-0.2, -0.15) is 0 Å². The van der Waals surface area contributed by atoms with Gasteiger partial charge in [0.25, 0.3) is 0 Å². The van der Waals surface area contributed by atoms with E-state index in [2.05, 4.69) is 29.4 Å². The average molecular weight is 604 g/mol. The van der Waals surface area contributed by atoms with Crippen molar-refractivity contribution < 1.29 is 19.1 Å². The number of carbonyl (C=O) groups is 2. The summed E-state index contributed by atoms with van der Waals surface area (Å²) in [6.07, 6.45) is 4.22. The molecule has 1 fully saturated rings. The lowest BCUT2D eigenvalue weighted by Gasteiger charge is -2.38. The number of ether oxygens (including phenoxy) is 2. The van der Waals surface area contributed by atoms with Crippen LogP contribution in [0.4, 0.5) is 11.4 Å². The third-order valence-electron chi connectivity index (χ3n) is 8.70. The minimum atomic E-state index is -0.354. The molecule has 1 saturated carbocycles. The molecule has 43 heavy (non-hydrogen) atoms. The molecular weight excluding hydrogens is 562 g/mol. The molecule has 1 aliphatic heterocycles. The Kier molecular flexibility index (Phi) is 9.50. The smallest absolute Gasteiger partial charge is 0.232 e. The maximum atomic E-state index is 13.8. The molecule has 0 spiro atoms. The molecule has 5 rings (SSSR count). The van der Waals surface area contributed by atoms with Crippen LogP contribution in [0, 0.1) is 11.8 Å². The summed E-state index contributed by atoms with van der Waals surface area (Å²) in [4.78, 5) is 30.0. The SMILES string of the molecule is CNC(=O)C1CCC(CN(C)c2ccc(N3C(=O)Cc4cc(OC)c(OC(C)C)cc4[C@@H]3c3ccc(Cl)cc3)cc2)CC1. The van der Waals surface area contributed by atoms with Gasteiger partial charge < -0.3 is 24.6 Å². The number of fused-ring (bicyclic) bond motifs is 1. The molecule has 0 aromatic heterocycles. The van der Waals surface area contributed by atoms with Gasteiger partial charge in [-0.25, -0.2) is 0 Å². The highest BCUT2D eigenvalue weighted by Gasteiger charge is 2.36. The normalized spacial score (nSPS) is 20.0. The zero-order valence-electron chi connectivity index (χ0n) is 25.7. The molecule has 0 radical (unpaired) electrons. The van der Waals surface area contributed by atoms with Gasteiger partial charge in [-0.05, 0) is 111 Å². The van der Waals surface area contributed by atoms with Crippen LogP contribution in [0.15, 0.2) is 60.7 Å². The topological polar surface area (TPSA) is 71.1 Å². The Morgan fingerprint density at radius 3 is 2.30 bits per heavy atom. The first-order valence-corrected chi connectivity index (χ1v) is 15.5. The number of nitrogens with zero attached hydrogens (tertiary/aromatic N) is 2. The molecule has 1 aliphatic carbocycles. The van der Waals surface area contributed by atoms with Crippen molar-refractivity contribution in [2.24, 2.45) is 11.8 Å². The molecule has 8 heteroatoms. The van der Waals surface area contributed by atoms with Crippen LogP contribution >= 0.6 is 11.6 Å². The van der Waals surface area contributed by atoms with E-state index < -0.39 is 0 Å². The van der Waals surface area contributed by atoms with Crippen LogP contribution in [0.2, 0.25) is 5.02 Å². The lowest BCUT2D eigenvalue weighted by Crippen LogP contribution is -2.41. The van der Waals surface area contributed by atoms with E-state index in [-0.39, 0.29) is 36.3 Å². The Bertz CT molecular complexity index is 1430. The van der Waals surface area contributed by atoms with E-state index in [1.807, 2.05) is 67.3 Å². The number of halogens is 1. The first-order chi connectivity index (χ1) is 20.7. The fraction of sp³-hybridized carbons (Fsp3) is 0.429. The van der Waals surface area contributed by atoms with Crippen molar-refractivity contribution in [2.75, 3.05) is 37.5 Å². The van der Waals surface area contributed by atoms with Gasteiger partial charge in [-0.3, -0.25) is 9.59 Å². The summed E-state index contributed by atoms with van der Waals surface area (Å²) in [5, 5.41) is 3.44. The Morgan fingerprint density at radius 2 is 1.70 bits per heavy atom. The second-order valence-corrected chi connectivity index (χ2v) is 12.4. The van der Waals surface area contributed by atoms with Gasteiger partial charge in [0.15, 0.2) is 11.5 Å². The number of carbonyl (C=O) groups excluding carboxylic acids is 2. The van der Waals surface area contributed by atoms with Crippen LogP contribution in [0.5, 0.6) is 11.5 Å². The van der Waals surface area contributed by atoms with E-state index >= 15 is 0 Å². The molecule has 1 heterocycles. The Morgan fingerprint density at radius 1 is 1.02 bits per heavy atom. The van der Waals surface area contributed by atoms with Gasteiger partial charge >= 0.3 is 0 Å². The standard InChI is InChI=1S/C35H42ClN3O4/c1-22(2)43-32-20-30-26(18-31(32)42-5)19-33(40)39(34(30)24-10-12-27(36)13-11-24)29-16-14-28(15-17-29)38(4)21-23-6-8-25(9-7-23)35(41)37-3/h10-18,20,22-23,25,34H,6-9,19,21H2,1-5H3,(H,37,41)/t23?,25?,34-/m0/s1. The second kappa shape index (κ2) is 13.3. The third-order valence-corrected chi connectivity index (χ3v) is 8.95. The highest BCUT2D eigenvalue weighted by molar-refractivity contribution is 6.30. The zero-order chi connectivity index (χ0) is 30.7. The lowest BCUT2D eigenvalue weighted by atomic mass is 9.81. The van der Waals surface area contributed by atoms with E-state index in [9.17, 15) is 9.59 Å². The zero-order valence-corrected chi connectivity index (χ0v) is 26.5. The van der Waals surface area contributed by atoms with Crippen molar-refractivity contribution in [1.29, 1.82) is 0 Å². The van der Waals surface area contributed by atoms with Gasteiger partial charge in [-0.15, -0.1) is 0 Å². The van der Waals surface area contributed by atoms with Crippen molar-refractivity contribution >= 4 is 34.8 Å². The molecule has 1 N–H and O–H groups in total. The summed E-state index contributed by atoms with van der Waals surface area (Å²) in [6.45, 7) is 4.91. The van der Waals surface area contributed by atoms with Crippen LogP contribution in [0.1, 0.15) is 62.3 Å². The van der Waals surface area contributed by atoms with Crippen LogP contribution in [-0.4, -0.2) is 45.7 Å². The minimum Gasteiger partial charge on any atom is -0.493 e. The summed E-state index contributed by atoms with van der Waals surface area (Å²) in [5.41, 5.74) is 4.83. The predicted octanol–water partition coefficient (Wildman–Crippen LogP) is 6.80. The second-order valence-electron chi connectivity index (χ2n) is 12.0. The van der Waals surface area contributed by atoms with Crippen molar-refractivity contribution in [3.8, 4) is 11.5 Å². The van der Waals surface area contributed by atoms with E-state index in [0.717, 1.165) is 60.3 Å². The first kappa shape index (κ1) is 30.7. The van der Waals surface area contributed by atoms with Crippen LogP contribution in [-0.2, 0) is 16.0 Å². The predicted molar refractivity (Wildman–Crippen MR) is 172 cm³/mol. The molecule has 3 aromatic carbocycles. The molecule has 1 atom stereocenters. The summed E-state index contributed by atoms with van der Waals surface area (Å²) in [5.74, 6) is 2.15. The highest BCUT2D eigenvalue weighted by Crippen LogP contribution is 2.44. The summed E-state index contributed by atoms with van der Waals surface area (Å²) in [7, 11) is 5.45. The number of rotatable bonds is 9. The number of nitrogens with one attached hydrogen (secondary N) is 1. The Balaban J connectivity index is 1.42. The van der Waals surface area contributed by atoms with E-state index in [1.54, 1.807) is 14.2 Å². The first-order valence-electron chi connectivity index (χ1n) is 15.2. The van der Waals surface area contributed by atoms with Crippen LogP contribution < -0.4 is 24.6 Å². The maximum absolute atomic E-state index is 13.8. The largest absolute Gasteiger partial charge is 0.493 e. The summed E-state index contributed by atoms with van der Waals surface area (Å²) in [6, 6.07) is 19.6. The van der Waals surface area contributed by atoms with Gasteiger partial charge in [0.05, 0.1) is 25.7 Å². The molecule has 0 bridgehead atoms. The fourth-order valence-corrected chi connectivity index (χ4v) is 6.63. The van der Waals surface area contributed by atoms with Crippen LogP contribution in [0.3, 0.4) is 0 Å². The molecular formula is C35H42ClN3O4. The van der Waals surface area contributed by atoms with E-state index in [0.29, 0.717) is 22.4 Å². The lowest BCUT2D eigenvalue weighted by molar-refractivity contribution is -0.125. The summed E-state index contributed by atoms with van der Waals surface area (Å²) < 4.78 is 11.8. The number of anilines is 2. The van der Waals surface area contributed by atoms with Crippen molar-refractivity contribution in [2.45, 2.75) is 58.1 Å². The number of hydrogen-bond donors (Lipinski definition) is 1. The molecule has 2 aliphatic rings. The number of methoxy groups -OCH3 is 1. The van der Waals surface area contributed by atoms with E-state index in [1.165, 1.54) is 0 Å². The Labute approximate surface area is 260 Å². The molecule has 228 valence electrons. The molecule has 0 saturated heterocycles. The van der Waals surface area contributed by atoms with Gasteiger partial charge in [0.1, 0.15) is 0 Å². The maximum Gasteiger partial charge on any atom is 0.232 e. The van der Waals surface area contributed by atoms with Crippen molar-refractivity contribution in [1.82, 2.24) is 5.32 Å². The van der Waals surface area contributed by atoms with Crippen LogP contribution in [0.25, 0.3) is 0 Å². The monoisotopic (exact) mass is 603 g/mol. The van der Waals surface area contributed by atoms with Crippen molar-refractivity contribution in [3.63, 3.8) is 0 Å². The van der Waals surface area contributed by atoms with Gasteiger partial charge in [0.2, 0.25) is 11.8 Å². The molecule has 2 amide bonds. The average Bonchev–Trinajstić information content (AvgIpc) is 3.00. The quantitative estimate of drug-likeness (QED) is 0.291.